The SMILES string of the molecule is CC(C)CNC(=O)N1CCCC(C(=O)N(C)c2cnn(C)c2)C1. The van der Waals surface area contributed by atoms with Gasteiger partial charge in [0.25, 0.3) is 0 Å². The number of aromatic nitrogens is 2. The highest BCUT2D eigenvalue weighted by Gasteiger charge is 2.30. The van der Waals surface area contributed by atoms with Gasteiger partial charge in [-0.05, 0) is 18.8 Å². The molecule has 1 aliphatic heterocycles. The Kier molecular flexibility index (Phi) is 5.63. The van der Waals surface area contributed by atoms with Crippen molar-refractivity contribution in [3.63, 3.8) is 0 Å². The molecule has 1 aromatic rings. The average Bonchev–Trinajstić information content (AvgIpc) is 2.97. The Labute approximate surface area is 137 Å². The molecule has 0 aromatic carbocycles. The maximum atomic E-state index is 12.7. The molecule has 0 bridgehead atoms. The fraction of sp³-hybridized carbons (Fsp3) is 0.688. The molecule has 1 aliphatic rings. The Balaban J connectivity index is 1.94. The number of carbonyl (C=O) groups excluding carboxylic acids is 2. The van der Waals surface area contributed by atoms with Gasteiger partial charge < -0.3 is 15.1 Å². The highest BCUT2D eigenvalue weighted by Crippen LogP contribution is 2.21. The molecule has 7 nitrogen and oxygen atoms in total. The summed E-state index contributed by atoms with van der Waals surface area (Å²) < 4.78 is 1.67. The summed E-state index contributed by atoms with van der Waals surface area (Å²) >= 11 is 0. The maximum absolute atomic E-state index is 12.7. The van der Waals surface area contributed by atoms with Crippen LogP contribution in [0.2, 0.25) is 0 Å². The molecule has 0 radical (unpaired) electrons. The number of likely N-dealkylation sites (tertiary alicyclic amines) is 1. The normalized spacial score (nSPS) is 18.1. The van der Waals surface area contributed by atoms with E-state index in [9.17, 15) is 9.59 Å². The zero-order valence-electron chi connectivity index (χ0n) is 14.5. The number of hydrogen-bond acceptors (Lipinski definition) is 3. The minimum Gasteiger partial charge on any atom is -0.338 e. The molecular weight excluding hydrogens is 294 g/mol. The van der Waals surface area contributed by atoms with Crippen molar-refractivity contribution in [3.05, 3.63) is 12.4 Å². The van der Waals surface area contributed by atoms with Crippen molar-refractivity contribution < 1.29 is 9.59 Å². The molecule has 1 N–H and O–H groups in total. The number of carbonyl (C=O) groups is 2. The number of aryl methyl sites for hydroxylation is 1. The van der Waals surface area contributed by atoms with Crippen LogP contribution in [0, 0.1) is 11.8 Å². The Hall–Kier alpha value is -2.05. The van der Waals surface area contributed by atoms with Gasteiger partial charge in [-0.15, -0.1) is 0 Å². The summed E-state index contributed by atoms with van der Waals surface area (Å²) in [5.74, 6) is 0.302. The number of urea groups is 1. The van der Waals surface area contributed by atoms with Gasteiger partial charge >= 0.3 is 6.03 Å². The topological polar surface area (TPSA) is 70.5 Å². The molecule has 23 heavy (non-hydrogen) atoms. The Morgan fingerprint density at radius 3 is 2.83 bits per heavy atom. The van der Waals surface area contributed by atoms with Gasteiger partial charge in [0.05, 0.1) is 17.8 Å². The minimum absolute atomic E-state index is 0.0411. The standard InChI is InChI=1S/C16H27N5O2/c1-12(2)8-17-16(23)21-7-5-6-13(10-21)15(22)20(4)14-9-18-19(3)11-14/h9,11-13H,5-8,10H2,1-4H3,(H,17,23). The smallest absolute Gasteiger partial charge is 0.317 e. The highest BCUT2D eigenvalue weighted by atomic mass is 16.2. The molecular formula is C16H27N5O2. The number of nitrogens with zero attached hydrogens (tertiary/aromatic N) is 4. The third kappa shape index (κ3) is 4.46. The van der Waals surface area contributed by atoms with E-state index < -0.39 is 0 Å². The van der Waals surface area contributed by atoms with Crippen molar-refractivity contribution in [2.24, 2.45) is 18.9 Å². The summed E-state index contributed by atoms with van der Waals surface area (Å²) in [5, 5.41) is 7.02. The third-order valence-electron chi connectivity index (χ3n) is 4.13. The van der Waals surface area contributed by atoms with Crippen LogP contribution in [0.4, 0.5) is 10.5 Å². The number of piperidine rings is 1. The van der Waals surface area contributed by atoms with Crippen LogP contribution < -0.4 is 10.2 Å². The summed E-state index contributed by atoms with van der Waals surface area (Å²) in [6, 6.07) is -0.0692. The molecule has 1 aromatic heterocycles. The Bertz CT molecular complexity index is 554. The van der Waals surface area contributed by atoms with Crippen molar-refractivity contribution in [2.75, 3.05) is 31.6 Å². The second kappa shape index (κ2) is 7.48. The molecule has 0 spiro atoms. The van der Waals surface area contributed by atoms with Gasteiger partial charge in [0.15, 0.2) is 0 Å². The molecule has 2 heterocycles. The lowest BCUT2D eigenvalue weighted by Gasteiger charge is -2.33. The molecule has 0 aliphatic carbocycles. The summed E-state index contributed by atoms with van der Waals surface area (Å²) in [5.41, 5.74) is 0.777. The van der Waals surface area contributed by atoms with E-state index in [1.165, 1.54) is 0 Å². The van der Waals surface area contributed by atoms with Crippen LogP contribution in [-0.4, -0.2) is 53.3 Å². The summed E-state index contributed by atoms with van der Waals surface area (Å²) in [6.07, 6.45) is 5.16. The van der Waals surface area contributed by atoms with E-state index in [1.54, 1.807) is 27.7 Å². The van der Waals surface area contributed by atoms with Crippen molar-refractivity contribution in [3.8, 4) is 0 Å². The summed E-state index contributed by atoms with van der Waals surface area (Å²) in [7, 11) is 3.58. The van der Waals surface area contributed by atoms with Gasteiger partial charge in [0.2, 0.25) is 5.91 Å². The zero-order chi connectivity index (χ0) is 17.0. The predicted octanol–water partition coefficient (Wildman–Crippen LogP) is 1.46. The van der Waals surface area contributed by atoms with Crippen molar-refractivity contribution in [1.29, 1.82) is 0 Å². The first-order valence-electron chi connectivity index (χ1n) is 8.17. The van der Waals surface area contributed by atoms with Crippen LogP contribution in [0.1, 0.15) is 26.7 Å². The lowest BCUT2D eigenvalue weighted by atomic mass is 9.96. The van der Waals surface area contributed by atoms with E-state index in [0.717, 1.165) is 18.5 Å². The van der Waals surface area contributed by atoms with Gasteiger partial charge in [-0.2, -0.15) is 5.10 Å². The molecule has 7 heteroatoms. The number of hydrogen-bond donors (Lipinski definition) is 1. The monoisotopic (exact) mass is 321 g/mol. The molecule has 0 saturated carbocycles. The van der Waals surface area contributed by atoms with Crippen LogP contribution in [0.25, 0.3) is 0 Å². The van der Waals surface area contributed by atoms with E-state index in [-0.39, 0.29) is 17.9 Å². The van der Waals surface area contributed by atoms with Crippen LogP contribution >= 0.6 is 0 Å². The number of anilines is 1. The lowest BCUT2D eigenvalue weighted by molar-refractivity contribution is -0.123. The lowest BCUT2D eigenvalue weighted by Crippen LogP contribution is -2.49. The van der Waals surface area contributed by atoms with E-state index in [0.29, 0.717) is 25.6 Å². The first-order chi connectivity index (χ1) is 10.9. The van der Waals surface area contributed by atoms with Gasteiger partial charge in [-0.3, -0.25) is 9.48 Å². The first kappa shape index (κ1) is 17.3. The molecule has 1 saturated heterocycles. The first-order valence-corrected chi connectivity index (χ1v) is 8.17. The van der Waals surface area contributed by atoms with Gasteiger partial charge in [0, 0.05) is 39.9 Å². The van der Waals surface area contributed by atoms with Crippen LogP contribution in [-0.2, 0) is 11.8 Å². The zero-order valence-corrected chi connectivity index (χ0v) is 14.5. The molecule has 3 amide bonds. The average molecular weight is 321 g/mol. The van der Waals surface area contributed by atoms with E-state index in [1.807, 2.05) is 13.2 Å². The minimum atomic E-state index is -0.154. The van der Waals surface area contributed by atoms with Gasteiger partial charge in [-0.1, -0.05) is 13.8 Å². The molecule has 1 unspecified atom stereocenters. The van der Waals surface area contributed by atoms with Crippen molar-refractivity contribution in [2.45, 2.75) is 26.7 Å². The quantitative estimate of drug-likeness (QED) is 0.913. The second-order valence-electron chi connectivity index (χ2n) is 6.63. The fourth-order valence-corrected chi connectivity index (χ4v) is 2.75. The Morgan fingerprint density at radius 1 is 1.48 bits per heavy atom. The summed E-state index contributed by atoms with van der Waals surface area (Å²) in [4.78, 5) is 28.3. The highest BCUT2D eigenvalue weighted by molar-refractivity contribution is 5.94. The van der Waals surface area contributed by atoms with Gasteiger partial charge in [-0.25, -0.2) is 4.79 Å². The van der Waals surface area contributed by atoms with Crippen LogP contribution in [0.3, 0.4) is 0 Å². The largest absolute Gasteiger partial charge is 0.338 e. The van der Waals surface area contributed by atoms with E-state index >= 15 is 0 Å². The number of rotatable bonds is 4. The van der Waals surface area contributed by atoms with E-state index in [4.69, 9.17) is 0 Å². The van der Waals surface area contributed by atoms with Crippen molar-refractivity contribution in [1.82, 2.24) is 20.0 Å². The van der Waals surface area contributed by atoms with Crippen LogP contribution in [0.15, 0.2) is 12.4 Å². The maximum Gasteiger partial charge on any atom is 0.317 e. The third-order valence-corrected chi connectivity index (χ3v) is 4.13. The number of nitrogens with one attached hydrogen (secondary N) is 1. The molecule has 128 valence electrons. The van der Waals surface area contributed by atoms with Crippen molar-refractivity contribution >= 4 is 17.6 Å². The molecule has 2 rings (SSSR count). The number of amides is 3. The fourth-order valence-electron chi connectivity index (χ4n) is 2.75. The van der Waals surface area contributed by atoms with Gasteiger partial charge in [0.1, 0.15) is 0 Å². The summed E-state index contributed by atoms with van der Waals surface area (Å²) in [6.45, 7) is 5.97. The Morgan fingerprint density at radius 2 is 2.22 bits per heavy atom. The molecule has 1 atom stereocenters. The van der Waals surface area contributed by atoms with E-state index in [2.05, 4.69) is 24.3 Å². The predicted molar refractivity (Wildman–Crippen MR) is 89.2 cm³/mol. The van der Waals surface area contributed by atoms with Crippen LogP contribution in [0.5, 0.6) is 0 Å². The molecule has 1 fully saturated rings. The second-order valence-corrected chi connectivity index (χ2v) is 6.63.